The summed E-state index contributed by atoms with van der Waals surface area (Å²) in [7, 11) is -3.50. The minimum Gasteiger partial charge on any atom is -0.281 e. The second kappa shape index (κ2) is 4.99. The second-order valence-electron chi connectivity index (χ2n) is 4.91. The number of aromatic nitrogens is 3. The first-order valence-corrected chi connectivity index (χ1v) is 7.96. The molecule has 1 saturated heterocycles. The molecule has 3 heterocycles. The maximum Gasteiger partial charge on any atom is 0.247 e. The molecule has 0 bridgehead atoms. The molecular formula is C13H16N4O2S. The lowest BCUT2D eigenvalue weighted by atomic mass is 10.1. The standard InChI is InChI=1S/C13H16N4O2S/c1-10-13(9-15-16-10)20(18,19)17-8-2-3-12(17)11-4-6-14-7-5-11/h4-7,9,12H,2-3,8H2,1H3,(H,15,16). The molecule has 1 aliphatic heterocycles. The fourth-order valence-electron chi connectivity index (χ4n) is 2.67. The Balaban J connectivity index is 1.99. The highest BCUT2D eigenvalue weighted by atomic mass is 32.2. The lowest BCUT2D eigenvalue weighted by Gasteiger charge is -2.24. The highest BCUT2D eigenvalue weighted by Crippen LogP contribution is 2.36. The van der Waals surface area contributed by atoms with Crippen molar-refractivity contribution >= 4 is 10.0 Å². The molecule has 7 heteroatoms. The van der Waals surface area contributed by atoms with E-state index in [0.717, 1.165) is 18.4 Å². The van der Waals surface area contributed by atoms with Crippen LogP contribution in [0.1, 0.15) is 30.1 Å². The Morgan fingerprint density at radius 3 is 2.75 bits per heavy atom. The van der Waals surface area contributed by atoms with Crippen LogP contribution < -0.4 is 0 Å². The van der Waals surface area contributed by atoms with E-state index in [2.05, 4.69) is 15.2 Å². The van der Waals surface area contributed by atoms with Crippen LogP contribution in [0.4, 0.5) is 0 Å². The van der Waals surface area contributed by atoms with Gasteiger partial charge < -0.3 is 0 Å². The van der Waals surface area contributed by atoms with E-state index in [9.17, 15) is 8.42 Å². The lowest BCUT2D eigenvalue weighted by Crippen LogP contribution is -2.30. The van der Waals surface area contributed by atoms with E-state index in [0.29, 0.717) is 12.2 Å². The van der Waals surface area contributed by atoms with Crippen molar-refractivity contribution in [1.82, 2.24) is 19.5 Å². The molecule has 0 aromatic carbocycles. The number of aromatic amines is 1. The van der Waals surface area contributed by atoms with Crippen molar-refractivity contribution in [2.24, 2.45) is 0 Å². The van der Waals surface area contributed by atoms with Crippen LogP contribution in [0, 0.1) is 6.92 Å². The second-order valence-corrected chi connectivity index (χ2v) is 6.77. The first-order chi connectivity index (χ1) is 9.60. The van der Waals surface area contributed by atoms with E-state index in [1.165, 1.54) is 6.20 Å². The predicted molar refractivity (Wildman–Crippen MR) is 73.4 cm³/mol. The van der Waals surface area contributed by atoms with Crippen molar-refractivity contribution in [3.05, 3.63) is 42.0 Å². The molecule has 1 aliphatic rings. The molecule has 0 aliphatic carbocycles. The molecule has 1 atom stereocenters. The van der Waals surface area contributed by atoms with Crippen LogP contribution >= 0.6 is 0 Å². The lowest BCUT2D eigenvalue weighted by molar-refractivity contribution is 0.396. The molecule has 106 valence electrons. The van der Waals surface area contributed by atoms with Crippen LogP contribution in [0.5, 0.6) is 0 Å². The third kappa shape index (κ3) is 2.12. The molecule has 20 heavy (non-hydrogen) atoms. The van der Waals surface area contributed by atoms with Gasteiger partial charge in [-0.15, -0.1) is 0 Å². The van der Waals surface area contributed by atoms with E-state index < -0.39 is 10.0 Å². The summed E-state index contributed by atoms with van der Waals surface area (Å²) in [6, 6.07) is 3.64. The van der Waals surface area contributed by atoms with Gasteiger partial charge in [0.1, 0.15) is 4.90 Å². The van der Waals surface area contributed by atoms with E-state index >= 15 is 0 Å². The molecule has 2 aromatic heterocycles. The van der Waals surface area contributed by atoms with Crippen molar-refractivity contribution < 1.29 is 8.42 Å². The summed E-state index contributed by atoms with van der Waals surface area (Å²) < 4.78 is 27.1. The van der Waals surface area contributed by atoms with Gasteiger partial charge in [-0.1, -0.05) is 0 Å². The number of H-pyrrole nitrogens is 1. The fraction of sp³-hybridized carbons (Fsp3) is 0.385. The number of hydrogen-bond acceptors (Lipinski definition) is 4. The van der Waals surface area contributed by atoms with Gasteiger partial charge in [0.2, 0.25) is 10.0 Å². The first kappa shape index (κ1) is 13.3. The number of rotatable bonds is 3. The van der Waals surface area contributed by atoms with Crippen molar-refractivity contribution in [3.63, 3.8) is 0 Å². The average Bonchev–Trinajstić information content (AvgIpc) is 3.08. The van der Waals surface area contributed by atoms with Gasteiger partial charge in [-0.05, 0) is 37.5 Å². The SMILES string of the molecule is Cc1[nH]ncc1S(=O)(=O)N1CCCC1c1ccncc1. The summed E-state index contributed by atoms with van der Waals surface area (Å²) in [5.41, 5.74) is 1.56. The number of hydrogen-bond donors (Lipinski definition) is 1. The highest BCUT2D eigenvalue weighted by Gasteiger charge is 2.37. The van der Waals surface area contributed by atoms with Gasteiger partial charge in [-0.2, -0.15) is 9.40 Å². The van der Waals surface area contributed by atoms with Gasteiger partial charge in [0.15, 0.2) is 0 Å². The first-order valence-electron chi connectivity index (χ1n) is 6.52. The van der Waals surface area contributed by atoms with Crippen LogP contribution in [0.25, 0.3) is 0 Å². The molecule has 3 rings (SSSR count). The maximum absolute atomic E-state index is 12.8. The highest BCUT2D eigenvalue weighted by molar-refractivity contribution is 7.89. The van der Waals surface area contributed by atoms with Crippen molar-refractivity contribution in [2.75, 3.05) is 6.54 Å². The van der Waals surface area contributed by atoms with Gasteiger partial charge in [-0.25, -0.2) is 8.42 Å². The summed E-state index contributed by atoms with van der Waals surface area (Å²) in [6.45, 7) is 2.26. The quantitative estimate of drug-likeness (QED) is 0.932. The van der Waals surface area contributed by atoms with E-state index in [1.807, 2.05) is 12.1 Å². The Morgan fingerprint density at radius 1 is 1.35 bits per heavy atom. The molecule has 6 nitrogen and oxygen atoms in total. The third-order valence-corrected chi connectivity index (χ3v) is 5.69. The Bertz CT molecular complexity index is 696. The number of pyridine rings is 1. The third-order valence-electron chi connectivity index (χ3n) is 3.66. The number of nitrogens with one attached hydrogen (secondary N) is 1. The molecule has 0 radical (unpaired) electrons. The Morgan fingerprint density at radius 2 is 2.10 bits per heavy atom. The summed E-state index contributed by atoms with van der Waals surface area (Å²) in [5.74, 6) is 0. The molecule has 2 aromatic rings. The van der Waals surface area contributed by atoms with Crippen molar-refractivity contribution in [3.8, 4) is 0 Å². The zero-order valence-corrected chi connectivity index (χ0v) is 12.0. The molecule has 0 spiro atoms. The topological polar surface area (TPSA) is 79.0 Å². The zero-order chi connectivity index (χ0) is 14.2. The summed E-state index contributed by atoms with van der Waals surface area (Å²) in [5, 5.41) is 6.50. The van der Waals surface area contributed by atoms with Crippen molar-refractivity contribution in [1.29, 1.82) is 0 Å². The van der Waals surface area contributed by atoms with Crippen LogP contribution in [-0.4, -0.2) is 34.4 Å². The normalized spacial score (nSPS) is 20.4. The monoisotopic (exact) mass is 292 g/mol. The van der Waals surface area contributed by atoms with Crippen LogP contribution in [0.2, 0.25) is 0 Å². The van der Waals surface area contributed by atoms with Gasteiger partial charge in [0.05, 0.1) is 17.9 Å². The molecule has 0 amide bonds. The number of aryl methyl sites for hydroxylation is 1. The Labute approximate surface area is 117 Å². The summed E-state index contributed by atoms with van der Waals surface area (Å²) >= 11 is 0. The largest absolute Gasteiger partial charge is 0.281 e. The van der Waals surface area contributed by atoms with E-state index in [-0.39, 0.29) is 10.9 Å². The van der Waals surface area contributed by atoms with Crippen LogP contribution in [-0.2, 0) is 10.0 Å². The average molecular weight is 292 g/mol. The Kier molecular flexibility index (Phi) is 3.31. The molecular weight excluding hydrogens is 276 g/mol. The van der Waals surface area contributed by atoms with E-state index in [4.69, 9.17) is 0 Å². The van der Waals surface area contributed by atoms with Crippen molar-refractivity contribution in [2.45, 2.75) is 30.7 Å². The molecule has 1 N–H and O–H groups in total. The fourth-order valence-corrected chi connectivity index (χ4v) is 4.48. The van der Waals surface area contributed by atoms with E-state index in [1.54, 1.807) is 23.6 Å². The predicted octanol–water partition coefficient (Wildman–Crippen LogP) is 1.64. The van der Waals surface area contributed by atoms with Gasteiger partial charge in [0, 0.05) is 18.9 Å². The maximum atomic E-state index is 12.8. The number of sulfonamides is 1. The Hall–Kier alpha value is -1.73. The minimum atomic E-state index is -3.50. The van der Waals surface area contributed by atoms with Crippen LogP contribution in [0.3, 0.4) is 0 Å². The van der Waals surface area contributed by atoms with Gasteiger partial charge >= 0.3 is 0 Å². The number of nitrogens with zero attached hydrogens (tertiary/aromatic N) is 3. The summed E-state index contributed by atoms with van der Waals surface area (Å²) in [6.07, 6.45) is 6.47. The smallest absolute Gasteiger partial charge is 0.247 e. The zero-order valence-electron chi connectivity index (χ0n) is 11.2. The van der Waals surface area contributed by atoms with Gasteiger partial charge in [0.25, 0.3) is 0 Å². The van der Waals surface area contributed by atoms with Crippen LogP contribution in [0.15, 0.2) is 35.6 Å². The molecule has 0 saturated carbocycles. The minimum absolute atomic E-state index is 0.114. The molecule has 1 fully saturated rings. The molecule has 1 unspecified atom stereocenters. The summed E-state index contributed by atoms with van der Waals surface area (Å²) in [4.78, 5) is 4.25. The van der Waals surface area contributed by atoms with Gasteiger partial charge in [-0.3, -0.25) is 10.1 Å².